The van der Waals surface area contributed by atoms with Gasteiger partial charge in [0.1, 0.15) is 12.3 Å². The van der Waals surface area contributed by atoms with Gasteiger partial charge in [0.25, 0.3) is 5.91 Å². The number of carbonyl (C=O) groups excluding carboxylic acids is 1. The van der Waals surface area contributed by atoms with Gasteiger partial charge in [0.15, 0.2) is 17.4 Å². The van der Waals surface area contributed by atoms with Crippen molar-refractivity contribution in [1.29, 1.82) is 0 Å². The van der Waals surface area contributed by atoms with Gasteiger partial charge in [-0.25, -0.2) is 4.99 Å². The molecule has 0 fully saturated rings. The molecule has 9 nitrogen and oxygen atoms in total. The number of phenolic OH excluding ortho intramolecular Hbond substituents is 1. The Kier molecular flexibility index (Phi) is 6.40. The van der Waals surface area contributed by atoms with Crippen molar-refractivity contribution in [3.05, 3.63) is 60.0 Å². The van der Waals surface area contributed by atoms with Gasteiger partial charge in [-0.15, -0.1) is 10.2 Å². The predicted octanol–water partition coefficient (Wildman–Crippen LogP) is 0.920. The maximum absolute atomic E-state index is 12.1. The first-order valence-electron chi connectivity index (χ1n) is 9.06. The fourth-order valence-electron chi connectivity index (χ4n) is 2.61. The normalized spacial score (nSPS) is 11.4. The van der Waals surface area contributed by atoms with Crippen molar-refractivity contribution in [2.75, 3.05) is 19.6 Å². The maximum atomic E-state index is 12.1. The molecule has 0 spiro atoms. The van der Waals surface area contributed by atoms with Gasteiger partial charge >= 0.3 is 0 Å². The lowest BCUT2D eigenvalue weighted by Gasteiger charge is -2.12. The van der Waals surface area contributed by atoms with E-state index < -0.39 is 0 Å². The average Bonchev–Trinajstić information content (AvgIpc) is 3.12. The summed E-state index contributed by atoms with van der Waals surface area (Å²) in [5.74, 6) is 0.993. The molecule has 0 atom stereocenters. The Labute approximate surface area is 162 Å². The zero-order chi connectivity index (χ0) is 19.8. The molecule has 9 heteroatoms. The highest BCUT2D eigenvalue weighted by Crippen LogP contribution is 2.14. The number of nitrogens with one attached hydrogen (secondary N) is 3. The van der Waals surface area contributed by atoms with Crippen LogP contribution in [0.25, 0.3) is 5.65 Å². The number of carbonyl (C=O) groups is 1. The van der Waals surface area contributed by atoms with E-state index in [2.05, 4.69) is 31.1 Å². The van der Waals surface area contributed by atoms with Crippen LogP contribution in [0.5, 0.6) is 5.75 Å². The van der Waals surface area contributed by atoms with Crippen molar-refractivity contribution < 1.29 is 9.90 Å². The molecule has 0 radical (unpaired) electrons. The summed E-state index contributed by atoms with van der Waals surface area (Å²) in [6, 6.07) is 12.1. The molecule has 4 N–H and O–H groups in total. The van der Waals surface area contributed by atoms with Gasteiger partial charge in [0.05, 0.1) is 5.56 Å². The second kappa shape index (κ2) is 9.36. The molecule has 2 aromatic heterocycles. The lowest BCUT2D eigenvalue weighted by molar-refractivity contribution is 0.0951. The van der Waals surface area contributed by atoms with E-state index in [4.69, 9.17) is 0 Å². The summed E-state index contributed by atoms with van der Waals surface area (Å²) < 4.78 is 1.89. The molecule has 0 bridgehead atoms. The number of aromatic hydroxyl groups is 1. The third-order valence-electron chi connectivity index (χ3n) is 3.96. The Morgan fingerprint density at radius 2 is 1.86 bits per heavy atom. The van der Waals surface area contributed by atoms with E-state index >= 15 is 0 Å². The zero-order valence-corrected chi connectivity index (χ0v) is 15.6. The number of aromatic nitrogens is 3. The number of rotatable bonds is 7. The number of aliphatic imine (C=N–C) groups is 1. The molecule has 0 unspecified atom stereocenters. The molecule has 0 aliphatic heterocycles. The van der Waals surface area contributed by atoms with Gasteiger partial charge in [0, 0.05) is 25.8 Å². The molecule has 0 saturated carbocycles. The van der Waals surface area contributed by atoms with E-state index in [1.165, 1.54) is 6.07 Å². The molecule has 28 heavy (non-hydrogen) atoms. The molecule has 1 amide bonds. The van der Waals surface area contributed by atoms with Gasteiger partial charge in [-0.1, -0.05) is 18.2 Å². The molecule has 0 aliphatic carbocycles. The molecule has 0 aliphatic rings. The third kappa shape index (κ3) is 4.76. The summed E-state index contributed by atoms with van der Waals surface area (Å²) in [5, 5.41) is 27.0. The van der Waals surface area contributed by atoms with Crippen molar-refractivity contribution in [3.63, 3.8) is 0 Å². The number of benzene rings is 1. The number of pyridine rings is 1. The number of amides is 1. The number of guanidine groups is 1. The minimum atomic E-state index is -0.322. The highest BCUT2D eigenvalue weighted by atomic mass is 16.3. The van der Waals surface area contributed by atoms with Crippen molar-refractivity contribution in [2.45, 2.75) is 13.5 Å². The molecule has 3 rings (SSSR count). The Morgan fingerprint density at radius 3 is 2.68 bits per heavy atom. The number of para-hydroxylation sites is 1. The van der Waals surface area contributed by atoms with Crippen LogP contribution in [0.15, 0.2) is 53.7 Å². The molecule has 0 saturated heterocycles. The van der Waals surface area contributed by atoms with E-state index in [1.807, 2.05) is 35.7 Å². The van der Waals surface area contributed by atoms with Crippen molar-refractivity contribution in [2.24, 2.45) is 4.99 Å². The molecule has 3 aromatic rings. The lowest BCUT2D eigenvalue weighted by Crippen LogP contribution is -2.41. The van der Waals surface area contributed by atoms with Crippen LogP contribution in [0.2, 0.25) is 0 Å². The molecular formula is C19H23N7O2. The minimum absolute atomic E-state index is 0.0385. The number of nitrogens with zero attached hydrogens (tertiary/aromatic N) is 4. The standard InChI is InChI=1S/C19H23N7O2/c1-2-20-19(23-13-17-25-24-16-9-5-6-12-26(16)17)22-11-10-21-18(28)14-7-3-4-8-15(14)27/h3-9,12,27H,2,10-11,13H2,1H3,(H,21,28)(H2,20,22,23). The monoisotopic (exact) mass is 381 g/mol. The summed E-state index contributed by atoms with van der Waals surface area (Å²) in [6.45, 7) is 3.91. The van der Waals surface area contributed by atoms with Gasteiger partial charge in [-0.2, -0.15) is 0 Å². The van der Waals surface area contributed by atoms with Gasteiger partial charge in [0.2, 0.25) is 0 Å². The highest BCUT2D eigenvalue weighted by Gasteiger charge is 2.09. The Hall–Kier alpha value is -3.62. The first-order chi connectivity index (χ1) is 13.7. The number of hydrogen-bond donors (Lipinski definition) is 4. The number of hydrogen-bond acceptors (Lipinski definition) is 5. The molecular weight excluding hydrogens is 358 g/mol. The summed E-state index contributed by atoms with van der Waals surface area (Å²) in [5.41, 5.74) is 1.03. The van der Waals surface area contributed by atoms with E-state index in [9.17, 15) is 9.90 Å². The van der Waals surface area contributed by atoms with Crippen LogP contribution in [-0.2, 0) is 6.54 Å². The lowest BCUT2D eigenvalue weighted by atomic mass is 10.2. The van der Waals surface area contributed by atoms with Crippen LogP contribution in [0.4, 0.5) is 0 Å². The maximum Gasteiger partial charge on any atom is 0.255 e. The Balaban J connectivity index is 1.52. The van der Waals surface area contributed by atoms with Crippen molar-refractivity contribution in [1.82, 2.24) is 30.5 Å². The smallest absolute Gasteiger partial charge is 0.255 e. The van der Waals surface area contributed by atoms with E-state index in [1.54, 1.807) is 18.2 Å². The zero-order valence-electron chi connectivity index (χ0n) is 15.6. The Bertz CT molecular complexity index is 968. The summed E-state index contributed by atoms with van der Waals surface area (Å²) in [6.07, 6.45) is 1.90. The average molecular weight is 381 g/mol. The van der Waals surface area contributed by atoms with Gasteiger partial charge < -0.3 is 21.1 Å². The fraction of sp³-hybridized carbons (Fsp3) is 0.263. The predicted molar refractivity (Wildman–Crippen MR) is 106 cm³/mol. The SMILES string of the molecule is CCNC(=NCc1nnc2ccccn12)NCCNC(=O)c1ccccc1O. The van der Waals surface area contributed by atoms with Crippen LogP contribution in [0, 0.1) is 0 Å². The first kappa shape index (κ1) is 19.2. The van der Waals surface area contributed by atoms with Crippen LogP contribution < -0.4 is 16.0 Å². The second-order valence-electron chi connectivity index (χ2n) is 5.94. The topological polar surface area (TPSA) is 116 Å². The highest BCUT2D eigenvalue weighted by molar-refractivity contribution is 5.96. The minimum Gasteiger partial charge on any atom is -0.507 e. The summed E-state index contributed by atoms with van der Waals surface area (Å²) >= 11 is 0. The quantitative estimate of drug-likeness (QED) is 0.275. The van der Waals surface area contributed by atoms with Crippen LogP contribution >= 0.6 is 0 Å². The summed E-state index contributed by atoms with van der Waals surface area (Å²) in [7, 11) is 0. The van der Waals surface area contributed by atoms with E-state index in [0.717, 1.165) is 11.5 Å². The van der Waals surface area contributed by atoms with Gasteiger partial charge in [-0.3, -0.25) is 9.20 Å². The van der Waals surface area contributed by atoms with E-state index in [-0.39, 0.29) is 17.2 Å². The third-order valence-corrected chi connectivity index (χ3v) is 3.96. The largest absolute Gasteiger partial charge is 0.507 e. The van der Waals surface area contributed by atoms with Crippen LogP contribution in [0.1, 0.15) is 23.1 Å². The van der Waals surface area contributed by atoms with Gasteiger partial charge in [-0.05, 0) is 31.2 Å². The van der Waals surface area contributed by atoms with Crippen molar-refractivity contribution in [3.8, 4) is 5.75 Å². The summed E-state index contributed by atoms with van der Waals surface area (Å²) in [4.78, 5) is 16.6. The van der Waals surface area contributed by atoms with E-state index in [0.29, 0.717) is 32.1 Å². The van der Waals surface area contributed by atoms with Crippen molar-refractivity contribution >= 4 is 17.5 Å². The Morgan fingerprint density at radius 1 is 1.07 bits per heavy atom. The van der Waals surface area contributed by atoms with Crippen LogP contribution in [0.3, 0.4) is 0 Å². The fourth-order valence-corrected chi connectivity index (χ4v) is 2.61. The molecule has 146 valence electrons. The molecule has 2 heterocycles. The number of phenols is 1. The number of fused-ring (bicyclic) bond motifs is 1. The first-order valence-corrected chi connectivity index (χ1v) is 9.06. The molecule has 1 aromatic carbocycles. The van der Waals surface area contributed by atoms with Crippen LogP contribution in [-0.4, -0.2) is 51.2 Å². The second-order valence-corrected chi connectivity index (χ2v) is 5.94.